The molecule has 9 heteroatoms. The van der Waals surface area contributed by atoms with E-state index in [1.807, 2.05) is 22.6 Å². The number of likely N-dealkylation sites (N-methyl/N-ethyl adjacent to an activating group) is 1. The van der Waals surface area contributed by atoms with Gasteiger partial charge in [-0.2, -0.15) is 0 Å². The van der Waals surface area contributed by atoms with Crippen molar-refractivity contribution in [2.24, 2.45) is 0 Å². The van der Waals surface area contributed by atoms with Gasteiger partial charge >= 0.3 is 5.97 Å². The molecule has 1 rings (SSSR count). The van der Waals surface area contributed by atoms with Crippen molar-refractivity contribution in [3.8, 4) is 0 Å². The number of nitrogens with one attached hydrogen (secondary N) is 1. The van der Waals surface area contributed by atoms with E-state index in [2.05, 4.69) is 4.72 Å². The summed E-state index contributed by atoms with van der Waals surface area (Å²) in [5.74, 6) is -1.58. The van der Waals surface area contributed by atoms with Gasteiger partial charge in [0, 0.05) is 17.2 Å². The summed E-state index contributed by atoms with van der Waals surface area (Å²) >= 11 is 1.81. The number of hydrogen-bond acceptors (Lipinski definition) is 4. The van der Waals surface area contributed by atoms with Gasteiger partial charge < -0.3 is 10.0 Å². The summed E-state index contributed by atoms with van der Waals surface area (Å²) in [6.45, 7) is 1.86. The molecule has 0 heterocycles. The number of halogens is 1. The Kier molecular flexibility index (Phi) is 6.10. The molecule has 0 radical (unpaired) electrons. The normalized spacial score (nSPS) is 11.2. The highest BCUT2D eigenvalue weighted by Gasteiger charge is 2.19. The molecule has 1 amide bonds. The summed E-state index contributed by atoms with van der Waals surface area (Å²) in [4.78, 5) is 23.8. The first-order chi connectivity index (χ1) is 9.69. The molecule has 21 heavy (non-hydrogen) atoms. The SMILES string of the molecule is CCN(C)C(=O)CNS(=O)(=O)c1ccc(I)c(C(=O)O)c1. The monoisotopic (exact) mass is 426 g/mol. The lowest BCUT2D eigenvalue weighted by Gasteiger charge is -2.15. The highest BCUT2D eigenvalue weighted by atomic mass is 127. The van der Waals surface area contributed by atoms with Crippen LogP contribution in [0.25, 0.3) is 0 Å². The summed E-state index contributed by atoms with van der Waals surface area (Å²) in [6, 6.07) is 3.77. The highest BCUT2D eigenvalue weighted by Crippen LogP contribution is 2.17. The van der Waals surface area contributed by atoms with Gasteiger partial charge in [0.1, 0.15) is 0 Å². The second-order valence-corrected chi connectivity index (χ2v) is 7.11. The summed E-state index contributed by atoms with van der Waals surface area (Å²) in [5.41, 5.74) is -0.101. The summed E-state index contributed by atoms with van der Waals surface area (Å²) < 4.78 is 26.7. The van der Waals surface area contributed by atoms with Crippen LogP contribution in [0.2, 0.25) is 0 Å². The molecule has 0 aromatic heterocycles. The van der Waals surface area contributed by atoms with Crippen molar-refractivity contribution < 1.29 is 23.1 Å². The Morgan fingerprint density at radius 3 is 2.52 bits per heavy atom. The molecule has 7 nitrogen and oxygen atoms in total. The van der Waals surface area contributed by atoms with Gasteiger partial charge in [0.2, 0.25) is 15.9 Å². The fourth-order valence-electron chi connectivity index (χ4n) is 1.39. The highest BCUT2D eigenvalue weighted by molar-refractivity contribution is 14.1. The smallest absolute Gasteiger partial charge is 0.336 e. The fourth-order valence-corrected chi connectivity index (χ4v) is 2.95. The molecule has 0 unspecified atom stereocenters. The lowest BCUT2D eigenvalue weighted by molar-refractivity contribution is -0.128. The largest absolute Gasteiger partial charge is 0.478 e. The molecule has 1 aromatic rings. The van der Waals surface area contributed by atoms with Crippen LogP contribution in [0.1, 0.15) is 17.3 Å². The standard InChI is InChI=1S/C12H15IN2O5S/c1-3-15(2)11(16)7-14-21(19,20)8-4-5-10(13)9(6-8)12(17)18/h4-6,14H,3,7H2,1-2H3,(H,17,18). The molecule has 1 aromatic carbocycles. The second-order valence-electron chi connectivity index (χ2n) is 4.18. The van der Waals surface area contributed by atoms with Crippen LogP contribution in [-0.4, -0.2) is 50.4 Å². The Morgan fingerprint density at radius 1 is 1.38 bits per heavy atom. The number of benzene rings is 1. The molecular weight excluding hydrogens is 411 g/mol. The molecule has 0 fully saturated rings. The summed E-state index contributed by atoms with van der Waals surface area (Å²) in [6.07, 6.45) is 0. The number of carbonyl (C=O) groups is 2. The van der Waals surface area contributed by atoms with Gasteiger partial charge in [0.15, 0.2) is 0 Å². The van der Waals surface area contributed by atoms with Crippen LogP contribution in [0.15, 0.2) is 23.1 Å². The van der Waals surface area contributed by atoms with Crippen LogP contribution in [-0.2, 0) is 14.8 Å². The van der Waals surface area contributed by atoms with Gasteiger partial charge in [-0.25, -0.2) is 17.9 Å². The van der Waals surface area contributed by atoms with Gasteiger partial charge in [0.25, 0.3) is 0 Å². The first-order valence-corrected chi connectivity index (χ1v) is 8.51. The van der Waals surface area contributed by atoms with Crippen molar-refractivity contribution >= 4 is 44.5 Å². The average molecular weight is 426 g/mol. The number of rotatable bonds is 6. The zero-order chi connectivity index (χ0) is 16.2. The maximum Gasteiger partial charge on any atom is 0.336 e. The third-order valence-electron chi connectivity index (χ3n) is 2.79. The van der Waals surface area contributed by atoms with Crippen LogP contribution in [0.3, 0.4) is 0 Å². The predicted molar refractivity (Wildman–Crippen MR) is 84.6 cm³/mol. The van der Waals surface area contributed by atoms with E-state index in [1.54, 1.807) is 14.0 Å². The van der Waals surface area contributed by atoms with E-state index in [0.29, 0.717) is 10.1 Å². The molecule has 116 valence electrons. The molecule has 0 saturated heterocycles. The third-order valence-corrected chi connectivity index (χ3v) is 5.13. The number of hydrogen-bond donors (Lipinski definition) is 2. The van der Waals surface area contributed by atoms with Crippen LogP contribution in [0.5, 0.6) is 0 Å². The van der Waals surface area contributed by atoms with Crippen molar-refractivity contribution in [3.05, 3.63) is 27.3 Å². The summed E-state index contributed by atoms with van der Waals surface area (Å²) in [5, 5.41) is 9.00. The number of carbonyl (C=O) groups excluding carboxylic acids is 1. The number of nitrogens with zero attached hydrogens (tertiary/aromatic N) is 1. The van der Waals surface area contributed by atoms with E-state index in [0.717, 1.165) is 6.07 Å². The number of amides is 1. The predicted octanol–water partition coefficient (Wildman–Crippen LogP) is 0.746. The van der Waals surface area contributed by atoms with Crippen molar-refractivity contribution in [3.63, 3.8) is 0 Å². The Bertz CT molecular complexity index is 660. The molecule has 0 bridgehead atoms. The van der Waals surface area contributed by atoms with E-state index >= 15 is 0 Å². The Morgan fingerprint density at radius 2 is 2.00 bits per heavy atom. The number of carboxylic acids is 1. The molecule has 2 N–H and O–H groups in total. The van der Waals surface area contributed by atoms with E-state index in [1.165, 1.54) is 17.0 Å². The summed E-state index contributed by atoms with van der Waals surface area (Å²) in [7, 11) is -2.37. The van der Waals surface area contributed by atoms with Crippen molar-refractivity contribution in [2.45, 2.75) is 11.8 Å². The van der Waals surface area contributed by atoms with Crippen LogP contribution in [0, 0.1) is 3.57 Å². The minimum absolute atomic E-state index is 0.101. The van der Waals surface area contributed by atoms with Crippen LogP contribution < -0.4 is 4.72 Å². The Labute approximate surface area is 136 Å². The first kappa shape index (κ1) is 17.9. The van der Waals surface area contributed by atoms with Crippen molar-refractivity contribution in [2.75, 3.05) is 20.1 Å². The maximum absolute atomic E-state index is 12.1. The molecule has 0 saturated carbocycles. The Balaban J connectivity index is 2.96. The molecule has 0 aliphatic heterocycles. The quantitative estimate of drug-likeness (QED) is 0.654. The number of carboxylic acid groups (broad SMARTS) is 1. The molecule has 0 spiro atoms. The maximum atomic E-state index is 12.1. The van der Waals surface area contributed by atoms with Crippen LogP contribution >= 0.6 is 22.6 Å². The van der Waals surface area contributed by atoms with Crippen molar-refractivity contribution in [1.82, 2.24) is 9.62 Å². The van der Waals surface area contributed by atoms with E-state index in [-0.39, 0.29) is 22.9 Å². The lowest BCUT2D eigenvalue weighted by atomic mass is 10.2. The van der Waals surface area contributed by atoms with Gasteiger partial charge in [-0.15, -0.1) is 0 Å². The zero-order valence-corrected chi connectivity index (χ0v) is 14.4. The fraction of sp³-hybridized carbons (Fsp3) is 0.333. The van der Waals surface area contributed by atoms with E-state index < -0.39 is 16.0 Å². The van der Waals surface area contributed by atoms with Gasteiger partial charge in [-0.05, 0) is 47.7 Å². The third kappa shape index (κ3) is 4.64. The first-order valence-electron chi connectivity index (χ1n) is 5.95. The van der Waals surface area contributed by atoms with E-state index in [9.17, 15) is 18.0 Å². The number of sulfonamides is 1. The van der Waals surface area contributed by atoms with E-state index in [4.69, 9.17) is 5.11 Å². The minimum atomic E-state index is -3.93. The molecule has 0 atom stereocenters. The van der Waals surface area contributed by atoms with Crippen molar-refractivity contribution in [1.29, 1.82) is 0 Å². The van der Waals surface area contributed by atoms with Crippen LogP contribution in [0.4, 0.5) is 0 Å². The number of aromatic carboxylic acids is 1. The molecule has 0 aliphatic carbocycles. The minimum Gasteiger partial charge on any atom is -0.478 e. The molecule has 0 aliphatic rings. The zero-order valence-electron chi connectivity index (χ0n) is 11.5. The Hall–Kier alpha value is -1.20. The van der Waals surface area contributed by atoms with Gasteiger partial charge in [-0.3, -0.25) is 4.79 Å². The molecular formula is C12H15IN2O5S. The van der Waals surface area contributed by atoms with Gasteiger partial charge in [-0.1, -0.05) is 0 Å². The second kappa shape index (κ2) is 7.18. The average Bonchev–Trinajstić information content (AvgIpc) is 2.43. The lowest BCUT2D eigenvalue weighted by Crippen LogP contribution is -2.38. The topological polar surface area (TPSA) is 104 Å². The van der Waals surface area contributed by atoms with Gasteiger partial charge in [0.05, 0.1) is 17.0 Å².